The molecule has 142 valence electrons. The third-order valence-electron chi connectivity index (χ3n) is 4.93. The molecule has 0 aliphatic heterocycles. The smallest absolute Gasteiger partial charge is 0.277 e. The van der Waals surface area contributed by atoms with Crippen molar-refractivity contribution in [1.82, 2.24) is 14.5 Å². The lowest BCUT2D eigenvalue weighted by molar-refractivity contribution is 0.952. The SMILES string of the molecule is Cc1cc(Nc2nc3ncn(-c4c(C)cccc4Cl)c(=O)c3s2)cc(C)c1C. The van der Waals surface area contributed by atoms with E-state index in [4.69, 9.17) is 11.6 Å². The Kier molecular flexibility index (Phi) is 4.69. The average Bonchev–Trinajstić information content (AvgIpc) is 3.04. The molecule has 0 saturated heterocycles. The molecule has 0 radical (unpaired) electrons. The molecule has 2 aromatic carbocycles. The maximum absolute atomic E-state index is 13.1. The van der Waals surface area contributed by atoms with Crippen LogP contribution in [0.4, 0.5) is 10.8 Å². The van der Waals surface area contributed by atoms with Gasteiger partial charge in [-0.2, -0.15) is 4.98 Å². The summed E-state index contributed by atoms with van der Waals surface area (Å²) in [6.45, 7) is 8.19. The van der Waals surface area contributed by atoms with Gasteiger partial charge in [0.15, 0.2) is 10.8 Å². The van der Waals surface area contributed by atoms with Gasteiger partial charge in [-0.3, -0.25) is 9.36 Å². The molecule has 4 aromatic rings. The molecule has 0 bridgehead atoms. The van der Waals surface area contributed by atoms with Crippen LogP contribution in [-0.4, -0.2) is 14.5 Å². The van der Waals surface area contributed by atoms with Crippen molar-refractivity contribution in [2.24, 2.45) is 0 Å². The van der Waals surface area contributed by atoms with Gasteiger partial charge < -0.3 is 5.32 Å². The number of aryl methyl sites for hydroxylation is 3. The highest BCUT2D eigenvalue weighted by Crippen LogP contribution is 2.28. The Morgan fingerprint density at radius 1 is 1.07 bits per heavy atom. The first-order valence-corrected chi connectivity index (χ1v) is 10.0. The van der Waals surface area contributed by atoms with E-state index in [1.165, 1.54) is 38.9 Å². The third kappa shape index (κ3) is 3.19. The van der Waals surface area contributed by atoms with Crippen molar-refractivity contribution in [3.05, 3.63) is 74.3 Å². The minimum atomic E-state index is -0.178. The van der Waals surface area contributed by atoms with Crippen LogP contribution in [0.15, 0.2) is 41.5 Å². The van der Waals surface area contributed by atoms with Crippen molar-refractivity contribution < 1.29 is 0 Å². The maximum Gasteiger partial charge on any atom is 0.277 e. The number of para-hydroxylation sites is 1. The number of fused-ring (bicyclic) bond motifs is 1. The van der Waals surface area contributed by atoms with Crippen molar-refractivity contribution in [2.75, 3.05) is 5.32 Å². The van der Waals surface area contributed by atoms with E-state index in [-0.39, 0.29) is 5.56 Å². The molecule has 0 saturated carbocycles. The Bertz CT molecular complexity index is 1230. The Balaban J connectivity index is 1.79. The predicted octanol–water partition coefficient (Wildman–Crippen LogP) is 5.47. The molecular formula is C21H19ClN4OS. The number of nitrogens with zero attached hydrogens (tertiary/aromatic N) is 3. The van der Waals surface area contributed by atoms with Crippen molar-refractivity contribution >= 4 is 44.1 Å². The zero-order valence-corrected chi connectivity index (χ0v) is 17.6. The summed E-state index contributed by atoms with van der Waals surface area (Å²) < 4.78 is 1.98. The van der Waals surface area contributed by atoms with Crippen LogP contribution in [0.2, 0.25) is 5.02 Å². The second kappa shape index (κ2) is 7.04. The molecular weight excluding hydrogens is 392 g/mol. The Morgan fingerprint density at radius 2 is 1.79 bits per heavy atom. The van der Waals surface area contributed by atoms with E-state index in [2.05, 4.69) is 48.2 Å². The van der Waals surface area contributed by atoms with E-state index in [1.54, 1.807) is 6.07 Å². The second-order valence-electron chi connectivity index (χ2n) is 6.86. The molecule has 1 N–H and O–H groups in total. The molecule has 0 fully saturated rings. The number of halogens is 1. The number of thiazole rings is 1. The number of rotatable bonds is 3. The lowest BCUT2D eigenvalue weighted by Gasteiger charge is -2.10. The van der Waals surface area contributed by atoms with E-state index >= 15 is 0 Å². The molecule has 0 aliphatic rings. The van der Waals surface area contributed by atoms with Crippen molar-refractivity contribution in [3.8, 4) is 5.69 Å². The summed E-state index contributed by atoms with van der Waals surface area (Å²) in [5, 5.41) is 4.45. The Morgan fingerprint density at radius 3 is 2.46 bits per heavy atom. The number of hydrogen-bond donors (Lipinski definition) is 1. The fourth-order valence-electron chi connectivity index (χ4n) is 3.19. The first kappa shape index (κ1) is 18.7. The topological polar surface area (TPSA) is 59.8 Å². The summed E-state index contributed by atoms with van der Waals surface area (Å²) in [5.41, 5.74) is 6.44. The van der Waals surface area contributed by atoms with Crippen LogP contribution in [0, 0.1) is 27.7 Å². The van der Waals surface area contributed by atoms with E-state index in [1.807, 2.05) is 19.1 Å². The Hall–Kier alpha value is -2.70. The van der Waals surface area contributed by atoms with Crippen molar-refractivity contribution in [1.29, 1.82) is 0 Å². The summed E-state index contributed by atoms with van der Waals surface area (Å²) in [5.74, 6) is 0. The van der Waals surface area contributed by atoms with Crippen LogP contribution in [0.25, 0.3) is 16.0 Å². The van der Waals surface area contributed by atoms with Gasteiger partial charge in [0.1, 0.15) is 11.0 Å². The molecule has 2 aromatic heterocycles. The quantitative estimate of drug-likeness (QED) is 0.486. The van der Waals surface area contributed by atoms with Crippen molar-refractivity contribution in [2.45, 2.75) is 27.7 Å². The van der Waals surface area contributed by atoms with Gasteiger partial charge in [-0.1, -0.05) is 35.1 Å². The zero-order chi connectivity index (χ0) is 20.0. The normalized spacial score (nSPS) is 11.2. The third-order valence-corrected chi connectivity index (χ3v) is 6.18. The monoisotopic (exact) mass is 410 g/mol. The van der Waals surface area contributed by atoms with Crippen LogP contribution in [0.1, 0.15) is 22.3 Å². The minimum Gasteiger partial charge on any atom is -0.331 e. The zero-order valence-electron chi connectivity index (χ0n) is 16.0. The van der Waals surface area contributed by atoms with Gasteiger partial charge in [-0.15, -0.1) is 0 Å². The number of hydrogen-bond acceptors (Lipinski definition) is 5. The summed E-state index contributed by atoms with van der Waals surface area (Å²) in [6.07, 6.45) is 1.49. The van der Waals surface area contributed by atoms with Crippen LogP contribution in [-0.2, 0) is 0 Å². The number of aromatic nitrogens is 3. The molecule has 0 atom stereocenters. The standard InChI is InChI=1S/C21H19ClN4OS/c1-11-6-5-7-16(22)17(11)26-10-23-19-18(20(26)27)28-21(25-19)24-15-8-12(2)14(4)13(3)9-15/h5-10H,1-4H3,(H,24,25). The van der Waals surface area contributed by atoms with E-state index in [9.17, 15) is 4.79 Å². The van der Waals surface area contributed by atoms with Crippen LogP contribution in [0.5, 0.6) is 0 Å². The van der Waals surface area contributed by atoms with Gasteiger partial charge in [0, 0.05) is 5.69 Å². The highest BCUT2D eigenvalue weighted by atomic mass is 35.5. The van der Waals surface area contributed by atoms with Crippen LogP contribution < -0.4 is 10.9 Å². The fourth-order valence-corrected chi connectivity index (χ4v) is 4.37. The fraction of sp³-hybridized carbons (Fsp3) is 0.190. The lowest BCUT2D eigenvalue weighted by Crippen LogP contribution is -2.19. The highest BCUT2D eigenvalue weighted by Gasteiger charge is 2.15. The highest BCUT2D eigenvalue weighted by molar-refractivity contribution is 7.22. The lowest BCUT2D eigenvalue weighted by atomic mass is 10.0. The summed E-state index contributed by atoms with van der Waals surface area (Å²) in [7, 11) is 0. The van der Waals surface area contributed by atoms with E-state index < -0.39 is 0 Å². The predicted molar refractivity (Wildman–Crippen MR) is 117 cm³/mol. The van der Waals surface area contributed by atoms with Crippen LogP contribution >= 0.6 is 22.9 Å². The molecule has 0 spiro atoms. The van der Waals surface area contributed by atoms with Crippen LogP contribution in [0.3, 0.4) is 0 Å². The maximum atomic E-state index is 13.1. The van der Waals surface area contributed by atoms with Gasteiger partial charge in [-0.05, 0) is 68.1 Å². The molecule has 0 amide bonds. The number of anilines is 2. The molecule has 5 nitrogen and oxygen atoms in total. The first-order chi connectivity index (χ1) is 13.3. The summed E-state index contributed by atoms with van der Waals surface area (Å²) in [6, 6.07) is 9.70. The average molecular weight is 411 g/mol. The molecule has 2 heterocycles. The van der Waals surface area contributed by atoms with Gasteiger partial charge >= 0.3 is 0 Å². The largest absolute Gasteiger partial charge is 0.331 e. The van der Waals surface area contributed by atoms with E-state index in [0.717, 1.165) is 11.3 Å². The molecule has 0 aliphatic carbocycles. The minimum absolute atomic E-state index is 0.178. The number of benzene rings is 2. The van der Waals surface area contributed by atoms with E-state index in [0.29, 0.717) is 26.2 Å². The van der Waals surface area contributed by atoms with Gasteiger partial charge in [0.2, 0.25) is 0 Å². The summed E-state index contributed by atoms with van der Waals surface area (Å²) in [4.78, 5) is 21.9. The molecule has 28 heavy (non-hydrogen) atoms. The number of nitrogens with one attached hydrogen (secondary N) is 1. The van der Waals surface area contributed by atoms with Gasteiger partial charge in [0.25, 0.3) is 5.56 Å². The molecule has 0 unspecified atom stereocenters. The van der Waals surface area contributed by atoms with Crippen molar-refractivity contribution in [3.63, 3.8) is 0 Å². The summed E-state index contributed by atoms with van der Waals surface area (Å²) >= 11 is 7.62. The molecule has 7 heteroatoms. The van der Waals surface area contributed by atoms with Gasteiger partial charge in [0.05, 0.1) is 10.7 Å². The second-order valence-corrected chi connectivity index (χ2v) is 8.26. The Labute approximate surface area is 171 Å². The van der Waals surface area contributed by atoms with Gasteiger partial charge in [-0.25, -0.2) is 4.98 Å². The molecule has 4 rings (SSSR count). The first-order valence-electron chi connectivity index (χ1n) is 8.83.